The van der Waals surface area contributed by atoms with Gasteiger partial charge in [0, 0.05) is 47.7 Å². The van der Waals surface area contributed by atoms with Gasteiger partial charge in [-0.15, -0.1) is 0 Å². The number of allylic oxidation sites excluding steroid dienone is 2. The molecule has 0 spiro atoms. The highest BCUT2D eigenvalue weighted by molar-refractivity contribution is 5.97. The molecule has 0 atom stereocenters. The molecule has 41 heavy (non-hydrogen) atoms. The summed E-state index contributed by atoms with van der Waals surface area (Å²) in [6, 6.07) is 8.60. The number of methoxy groups -OCH3 is 1. The van der Waals surface area contributed by atoms with Gasteiger partial charge in [0.15, 0.2) is 0 Å². The highest BCUT2D eigenvalue weighted by atomic mass is 16.6. The molecule has 1 aliphatic heterocycles. The van der Waals surface area contributed by atoms with Crippen molar-refractivity contribution in [2.75, 3.05) is 18.6 Å². The molecule has 2 aromatic rings. The Labute approximate surface area is 244 Å². The molecular weight excluding hydrogens is 516 g/mol. The number of anilines is 1. The standard InChI is InChI=1S/C33H46N4O4/c1-7-37(25-18-16-24(17-19-25)36-32(39)41-33(3,4)5)29-15-11-14-27-26(29)13-10-8-9-12-23-20-22(2)35-31(40-6)28(23)21-34-30(27)38/h8,10-11,14-15,20,24-25H,7,9,12-13,16-19,21H2,1-6H3,(H,34,38)(H,36,39)/b10-8-. The number of ether oxygens (including phenoxy) is 2. The number of benzene rings is 1. The van der Waals surface area contributed by atoms with Gasteiger partial charge in [-0.2, -0.15) is 0 Å². The predicted molar refractivity (Wildman–Crippen MR) is 163 cm³/mol. The van der Waals surface area contributed by atoms with Gasteiger partial charge >= 0.3 is 6.09 Å². The van der Waals surface area contributed by atoms with E-state index in [9.17, 15) is 9.59 Å². The number of carbonyl (C=O) groups is 2. The molecule has 0 bridgehead atoms. The summed E-state index contributed by atoms with van der Waals surface area (Å²) < 4.78 is 11.0. The SMILES string of the molecule is CCN(c1cccc2c1C/C=C\CCc1cc(C)nc(OC)c1CNC2=O)C1CCC(NC(=O)OC(C)(C)C)CC1. The lowest BCUT2D eigenvalue weighted by molar-refractivity contribution is 0.0491. The summed E-state index contributed by atoms with van der Waals surface area (Å²) in [5.74, 6) is 0.481. The van der Waals surface area contributed by atoms with Crippen LogP contribution in [0.4, 0.5) is 10.5 Å². The van der Waals surface area contributed by atoms with Gasteiger partial charge < -0.3 is 25.0 Å². The van der Waals surface area contributed by atoms with Crippen LogP contribution in [-0.4, -0.2) is 48.3 Å². The smallest absolute Gasteiger partial charge is 0.407 e. The van der Waals surface area contributed by atoms with Crippen LogP contribution in [0.25, 0.3) is 0 Å². The first-order chi connectivity index (χ1) is 19.6. The summed E-state index contributed by atoms with van der Waals surface area (Å²) in [6.07, 6.45) is 10.2. The molecule has 1 aromatic carbocycles. The molecule has 1 fully saturated rings. The third kappa shape index (κ3) is 7.80. The number of aryl methyl sites for hydroxylation is 2. The first-order valence-corrected chi connectivity index (χ1v) is 14.9. The monoisotopic (exact) mass is 562 g/mol. The van der Waals surface area contributed by atoms with Gasteiger partial charge in [-0.05, 0) is 109 Å². The molecule has 2 aliphatic rings. The number of hydrogen-bond acceptors (Lipinski definition) is 6. The number of fused-ring (bicyclic) bond motifs is 2. The van der Waals surface area contributed by atoms with E-state index in [2.05, 4.69) is 51.7 Å². The van der Waals surface area contributed by atoms with Crippen molar-refractivity contribution in [1.29, 1.82) is 0 Å². The molecular formula is C33H46N4O4. The van der Waals surface area contributed by atoms with E-state index in [1.807, 2.05) is 39.8 Å². The molecule has 4 rings (SSSR count). The van der Waals surface area contributed by atoms with E-state index in [0.29, 0.717) is 30.5 Å². The van der Waals surface area contributed by atoms with Gasteiger partial charge in [0.1, 0.15) is 5.60 Å². The summed E-state index contributed by atoms with van der Waals surface area (Å²) in [4.78, 5) is 32.9. The first-order valence-electron chi connectivity index (χ1n) is 14.9. The summed E-state index contributed by atoms with van der Waals surface area (Å²) in [6.45, 7) is 11.0. The molecule has 0 radical (unpaired) electrons. The molecule has 0 saturated heterocycles. The van der Waals surface area contributed by atoms with E-state index in [1.165, 1.54) is 0 Å². The lowest BCUT2D eigenvalue weighted by atomic mass is 9.89. The van der Waals surface area contributed by atoms with Crippen molar-refractivity contribution in [2.45, 2.75) is 104 Å². The van der Waals surface area contributed by atoms with E-state index in [1.54, 1.807) is 7.11 Å². The van der Waals surface area contributed by atoms with E-state index in [4.69, 9.17) is 9.47 Å². The van der Waals surface area contributed by atoms with Crippen molar-refractivity contribution < 1.29 is 19.1 Å². The van der Waals surface area contributed by atoms with Gasteiger partial charge in [-0.1, -0.05) is 18.2 Å². The second-order valence-electron chi connectivity index (χ2n) is 12.0. The Morgan fingerprint density at radius 3 is 2.59 bits per heavy atom. The van der Waals surface area contributed by atoms with Crippen LogP contribution in [0.5, 0.6) is 5.88 Å². The number of rotatable bonds is 5. The maximum atomic E-state index is 13.6. The first kappa shape index (κ1) is 30.4. The van der Waals surface area contributed by atoms with E-state index in [0.717, 1.165) is 73.1 Å². The predicted octanol–water partition coefficient (Wildman–Crippen LogP) is 6.04. The molecule has 0 unspecified atom stereocenters. The van der Waals surface area contributed by atoms with Crippen molar-refractivity contribution in [3.8, 4) is 5.88 Å². The van der Waals surface area contributed by atoms with Crippen LogP contribution < -0.4 is 20.3 Å². The molecule has 222 valence electrons. The van der Waals surface area contributed by atoms with Crippen molar-refractivity contribution in [3.63, 3.8) is 0 Å². The fraction of sp³-hybridized carbons (Fsp3) is 0.545. The lowest BCUT2D eigenvalue weighted by Crippen LogP contribution is -2.45. The van der Waals surface area contributed by atoms with Crippen molar-refractivity contribution >= 4 is 17.7 Å². The van der Waals surface area contributed by atoms with Gasteiger partial charge in [0.05, 0.1) is 7.11 Å². The van der Waals surface area contributed by atoms with Gasteiger partial charge in [0.25, 0.3) is 5.91 Å². The summed E-state index contributed by atoms with van der Waals surface area (Å²) in [5.41, 5.74) is 5.35. The van der Waals surface area contributed by atoms with E-state index >= 15 is 0 Å². The number of hydrogen-bond donors (Lipinski definition) is 2. The molecule has 2 heterocycles. The normalized spacial score (nSPS) is 20.3. The molecule has 1 aliphatic carbocycles. The maximum absolute atomic E-state index is 13.6. The Bertz CT molecular complexity index is 1260. The molecule has 8 nitrogen and oxygen atoms in total. The third-order valence-electron chi connectivity index (χ3n) is 7.90. The zero-order valence-corrected chi connectivity index (χ0v) is 25.5. The lowest BCUT2D eigenvalue weighted by Gasteiger charge is -2.39. The minimum Gasteiger partial charge on any atom is -0.481 e. The molecule has 2 N–H and O–H groups in total. The van der Waals surface area contributed by atoms with Crippen LogP contribution in [-0.2, 0) is 24.1 Å². The van der Waals surface area contributed by atoms with Crippen LogP contribution in [0.3, 0.4) is 0 Å². The number of nitrogens with one attached hydrogen (secondary N) is 2. The Morgan fingerprint density at radius 2 is 1.90 bits per heavy atom. The summed E-state index contributed by atoms with van der Waals surface area (Å²) in [5, 5.41) is 6.21. The van der Waals surface area contributed by atoms with Crippen molar-refractivity contribution in [2.24, 2.45) is 0 Å². The van der Waals surface area contributed by atoms with E-state index in [-0.39, 0.29) is 18.0 Å². The average Bonchev–Trinajstić information content (AvgIpc) is 2.91. The highest BCUT2D eigenvalue weighted by Crippen LogP contribution is 2.33. The van der Waals surface area contributed by atoms with Crippen LogP contribution in [0, 0.1) is 6.92 Å². The minimum absolute atomic E-state index is 0.0919. The second-order valence-corrected chi connectivity index (χ2v) is 12.0. The van der Waals surface area contributed by atoms with Crippen LogP contribution >= 0.6 is 0 Å². The van der Waals surface area contributed by atoms with E-state index < -0.39 is 5.60 Å². The average molecular weight is 563 g/mol. The number of carbonyl (C=O) groups excluding carboxylic acids is 2. The van der Waals surface area contributed by atoms with Crippen LogP contribution in [0.15, 0.2) is 36.4 Å². The zero-order valence-electron chi connectivity index (χ0n) is 25.5. The maximum Gasteiger partial charge on any atom is 0.407 e. The van der Waals surface area contributed by atoms with Crippen LogP contribution in [0.2, 0.25) is 0 Å². The van der Waals surface area contributed by atoms with Gasteiger partial charge in [0.2, 0.25) is 5.88 Å². The van der Waals surface area contributed by atoms with Crippen molar-refractivity contribution in [3.05, 3.63) is 64.4 Å². The Balaban J connectivity index is 1.54. The number of aromatic nitrogens is 1. The largest absolute Gasteiger partial charge is 0.481 e. The quantitative estimate of drug-likeness (QED) is 0.432. The van der Waals surface area contributed by atoms with Gasteiger partial charge in [-0.3, -0.25) is 4.79 Å². The molecule has 2 amide bonds. The second kappa shape index (κ2) is 13.4. The molecule has 1 aromatic heterocycles. The topological polar surface area (TPSA) is 92.8 Å². The van der Waals surface area contributed by atoms with Gasteiger partial charge in [-0.25, -0.2) is 9.78 Å². The number of amides is 2. The van der Waals surface area contributed by atoms with Crippen molar-refractivity contribution in [1.82, 2.24) is 15.6 Å². The summed E-state index contributed by atoms with van der Waals surface area (Å²) >= 11 is 0. The molecule has 1 saturated carbocycles. The number of alkyl carbamates (subject to hydrolysis) is 1. The zero-order chi connectivity index (χ0) is 29.6. The number of nitrogens with zero attached hydrogens (tertiary/aromatic N) is 2. The fourth-order valence-electron chi connectivity index (χ4n) is 6.04. The third-order valence-corrected chi connectivity index (χ3v) is 7.90. The molecule has 8 heteroatoms. The fourth-order valence-corrected chi connectivity index (χ4v) is 6.04. The number of pyridine rings is 1. The Hall–Kier alpha value is -3.55. The Morgan fingerprint density at radius 1 is 1.15 bits per heavy atom. The highest BCUT2D eigenvalue weighted by Gasteiger charge is 2.29. The summed E-state index contributed by atoms with van der Waals surface area (Å²) in [7, 11) is 1.63. The minimum atomic E-state index is -0.507. The Kier molecular flexibility index (Phi) is 9.94. The van der Waals surface area contributed by atoms with Crippen LogP contribution in [0.1, 0.15) is 92.5 Å².